The zero-order chi connectivity index (χ0) is 18.2. The van der Waals surface area contributed by atoms with E-state index in [4.69, 9.17) is 21.1 Å². The Kier molecular flexibility index (Phi) is 6.29. The smallest absolute Gasteiger partial charge is 0.128 e. The van der Waals surface area contributed by atoms with Crippen LogP contribution in [0.3, 0.4) is 0 Å². The van der Waals surface area contributed by atoms with Crippen molar-refractivity contribution in [3.63, 3.8) is 0 Å². The fourth-order valence-corrected chi connectivity index (χ4v) is 2.62. The van der Waals surface area contributed by atoms with Gasteiger partial charge in [0.2, 0.25) is 0 Å². The van der Waals surface area contributed by atoms with Crippen LogP contribution < -0.4 is 9.47 Å². The fourth-order valence-electron chi connectivity index (χ4n) is 2.43. The summed E-state index contributed by atoms with van der Waals surface area (Å²) in [6.45, 7) is 3.03. The minimum Gasteiger partial charge on any atom is -0.494 e. The molecule has 0 aliphatic carbocycles. The van der Waals surface area contributed by atoms with Crippen LogP contribution in [-0.4, -0.2) is 12.8 Å². The number of hydrogen-bond donors (Lipinski definition) is 0. The average Bonchev–Trinajstić information content (AvgIpc) is 2.68. The molecule has 3 aromatic rings. The summed E-state index contributed by atoms with van der Waals surface area (Å²) in [5.74, 6) is 1.61. The summed E-state index contributed by atoms with van der Waals surface area (Å²) in [6, 6.07) is 23.1. The summed E-state index contributed by atoms with van der Waals surface area (Å²) in [7, 11) is 0. The lowest BCUT2D eigenvalue weighted by Gasteiger charge is -2.10. The summed E-state index contributed by atoms with van der Waals surface area (Å²) in [5.41, 5.74) is 2.72. The molecule has 0 saturated heterocycles. The van der Waals surface area contributed by atoms with Gasteiger partial charge in [-0.15, -0.1) is 0 Å². The molecule has 0 saturated carbocycles. The highest BCUT2D eigenvalue weighted by Gasteiger charge is 2.04. The molecule has 0 fully saturated rings. The summed E-state index contributed by atoms with van der Waals surface area (Å²) >= 11 is 6.19. The second-order valence-electron chi connectivity index (χ2n) is 5.60. The summed E-state index contributed by atoms with van der Waals surface area (Å²) in [5, 5.41) is 0.702. The molecule has 0 amide bonds. The van der Waals surface area contributed by atoms with Gasteiger partial charge in [-0.1, -0.05) is 41.9 Å². The number of halogens is 1. The number of rotatable bonds is 7. The monoisotopic (exact) mass is 365 g/mol. The first-order chi connectivity index (χ1) is 12.8. The van der Waals surface area contributed by atoms with Gasteiger partial charge in [-0.05, 0) is 49.4 Å². The molecule has 0 unspecified atom stereocenters. The third-order valence-corrected chi connectivity index (χ3v) is 4.13. The SMILES string of the molecule is CCOc1ccc(N=Cc2ccccc2OCc2ccccc2Cl)cc1. The van der Waals surface area contributed by atoms with Crippen molar-refractivity contribution < 1.29 is 9.47 Å². The lowest BCUT2D eigenvalue weighted by molar-refractivity contribution is 0.306. The number of benzene rings is 3. The maximum absolute atomic E-state index is 6.19. The van der Waals surface area contributed by atoms with Gasteiger partial charge in [0.25, 0.3) is 0 Å². The van der Waals surface area contributed by atoms with Crippen LogP contribution in [0.1, 0.15) is 18.1 Å². The molecule has 0 radical (unpaired) electrons. The van der Waals surface area contributed by atoms with Gasteiger partial charge in [-0.3, -0.25) is 4.99 Å². The molecule has 3 rings (SSSR count). The molecule has 132 valence electrons. The fraction of sp³-hybridized carbons (Fsp3) is 0.136. The lowest BCUT2D eigenvalue weighted by Crippen LogP contribution is -1.98. The average molecular weight is 366 g/mol. The Morgan fingerprint density at radius 3 is 2.38 bits per heavy atom. The second kappa shape index (κ2) is 9.07. The van der Waals surface area contributed by atoms with E-state index < -0.39 is 0 Å². The first kappa shape index (κ1) is 18.0. The van der Waals surface area contributed by atoms with E-state index in [-0.39, 0.29) is 0 Å². The van der Waals surface area contributed by atoms with Crippen LogP contribution in [0.15, 0.2) is 77.8 Å². The van der Waals surface area contributed by atoms with Crippen LogP contribution in [-0.2, 0) is 6.61 Å². The van der Waals surface area contributed by atoms with Gasteiger partial charge < -0.3 is 9.47 Å². The second-order valence-corrected chi connectivity index (χ2v) is 6.01. The first-order valence-electron chi connectivity index (χ1n) is 8.48. The van der Waals surface area contributed by atoms with Crippen molar-refractivity contribution in [1.82, 2.24) is 0 Å². The Morgan fingerprint density at radius 1 is 0.885 bits per heavy atom. The van der Waals surface area contributed by atoms with Gasteiger partial charge in [0.1, 0.15) is 18.1 Å². The Balaban J connectivity index is 1.71. The van der Waals surface area contributed by atoms with E-state index in [1.54, 1.807) is 6.21 Å². The van der Waals surface area contributed by atoms with Crippen molar-refractivity contribution >= 4 is 23.5 Å². The summed E-state index contributed by atoms with van der Waals surface area (Å²) < 4.78 is 11.4. The molecule has 0 aliphatic heterocycles. The molecule has 0 atom stereocenters. The van der Waals surface area contributed by atoms with Gasteiger partial charge in [0, 0.05) is 22.4 Å². The van der Waals surface area contributed by atoms with Crippen molar-refractivity contribution in [2.45, 2.75) is 13.5 Å². The van der Waals surface area contributed by atoms with Gasteiger partial charge in [0.05, 0.1) is 12.3 Å². The van der Waals surface area contributed by atoms with Gasteiger partial charge >= 0.3 is 0 Å². The largest absolute Gasteiger partial charge is 0.494 e. The van der Waals surface area contributed by atoms with Crippen molar-refractivity contribution in [3.05, 3.63) is 88.9 Å². The molecule has 3 nitrogen and oxygen atoms in total. The summed E-state index contributed by atoms with van der Waals surface area (Å²) in [4.78, 5) is 4.52. The van der Waals surface area contributed by atoms with Crippen molar-refractivity contribution in [1.29, 1.82) is 0 Å². The Hall–Kier alpha value is -2.78. The third kappa shape index (κ3) is 4.87. The molecule has 0 bridgehead atoms. The normalized spacial score (nSPS) is 10.8. The third-order valence-electron chi connectivity index (χ3n) is 3.76. The van der Waals surface area contributed by atoms with E-state index in [1.807, 2.05) is 79.7 Å². The molecule has 0 N–H and O–H groups in total. The van der Waals surface area contributed by atoms with E-state index in [0.717, 1.165) is 28.3 Å². The Morgan fingerprint density at radius 2 is 1.62 bits per heavy atom. The predicted octanol–water partition coefficient (Wildman–Crippen LogP) is 6.07. The lowest BCUT2D eigenvalue weighted by atomic mass is 10.2. The highest BCUT2D eigenvalue weighted by atomic mass is 35.5. The highest BCUT2D eigenvalue weighted by Crippen LogP contribution is 2.22. The molecular weight excluding hydrogens is 346 g/mol. The topological polar surface area (TPSA) is 30.8 Å². The first-order valence-corrected chi connectivity index (χ1v) is 8.86. The highest BCUT2D eigenvalue weighted by molar-refractivity contribution is 6.31. The molecule has 26 heavy (non-hydrogen) atoms. The number of nitrogens with zero attached hydrogens (tertiary/aromatic N) is 1. The molecular formula is C22H20ClNO2. The van der Waals surface area contributed by atoms with Crippen LogP contribution in [0.4, 0.5) is 5.69 Å². The molecule has 0 aliphatic rings. The molecule has 0 aromatic heterocycles. The maximum atomic E-state index is 6.19. The number of hydrogen-bond acceptors (Lipinski definition) is 3. The van der Waals surface area contributed by atoms with E-state index in [1.165, 1.54) is 0 Å². The number of aliphatic imine (C=N–C) groups is 1. The van der Waals surface area contributed by atoms with Gasteiger partial charge in [-0.2, -0.15) is 0 Å². The zero-order valence-corrected chi connectivity index (χ0v) is 15.3. The Bertz CT molecular complexity index is 875. The van der Waals surface area contributed by atoms with Gasteiger partial charge in [-0.25, -0.2) is 0 Å². The van der Waals surface area contributed by atoms with E-state index in [9.17, 15) is 0 Å². The van der Waals surface area contributed by atoms with Crippen LogP contribution in [0.25, 0.3) is 0 Å². The molecule has 0 spiro atoms. The maximum Gasteiger partial charge on any atom is 0.128 e. The van der Waals surface area contributed by atoms with E-state index >= 15 is 0 Å². The summed E-state index contributed by atoms with van der Waals surface area (Å²) in [6.07, 6.45) is 1.80. The standard InChI is InChI=1S/C22H20ClNO2/c1-2-25-20-13-11-19(12-14-20)24-15-17-7-4-6-10-22(17)26-16-18-8-3-5-9-21(18)23/h3-15H,2,16H2,1H3. The molecule has 0 heterocycles. The van der Waals surface area contributed by atoms with E-state index in [0.29, 0.717) is 18.2 Å². The zero-order valence-electron chi connectivity index (χ0n) is 14.6. The predicted molar refractivity (Wildman–Crippen MR) is 107 cm³/mol. The molecule has 3 aromatic carbocycles. The Labute approximate surface area is 158 Å². The molecule has 4 heteroatoms. The quantitative estimate of drug-likeness (QED) is 0.476. The minimum absolute atomic E-state index is 0.410. The van der Waals surface area contributed by atoms with Gasteiger partial charge in [0.15, 0.2) is 0 Å². The van der Waals surface area contributed by atoms with Crippen molar-refractivity contribution in [2.24, 2.45) is 4.99 Å². The number of ether oxygens (including phenoxy) is 2. The van der Waals surface area contributed by atoms with E-state index in [2.05, 4.69) is 4.99 Å². The number of para-hydroxylation sites is 1. The van der Waals surface area contributed by atoms with Crippen LogP contribution in [0.5, 0.6) is 11.5 Å². The van der Waals surface area contributed by atoms with Crippen molar-refractivity contribution in [2.75, 3.05) is 6.61 Å². The van der Waals surface area contributed by atoms with Crippen LogP contribution in [0, 0.1) is 0 Å². The minimum atomic E-state index is 0.410. The van der Waals surface area contributed by atoms with Crippen molar-refractivity contribution in [3.8, 4) is 11.5 Å². The van der Waals surface area contributed by atoms with Crippen LogP contribution in [0.2, 0.25) is 5.02 Å². The van der Waals surface area contributed by atoms with Crippen LogP contribution >= 0.6 is 11.6 Å².